The Morgan fingerprint density at radius 2 is 1.92 bits per heavy atom. The summed E-state index contributed by atoms with van der Waals surface area (Å²) in [5.74, 6) is -0.268. The van der Waals surface area contributed by atoms with Gasteiger partial charge in [-0.1, -0.05) is 19.7 Å². The largest absolute Gasteiger partial charge is 0.323 e. The highest BCUT2D eigenvalue weighted by Gasteiger charge is 1.93. The summed E-state index contributed by atoms with van der Waals surface area (Å²) in [6, 6.07) is 0. The second-order valence-electron chi connectivity index (χ2n) is 2.04. The molecule has 0 aliphatic carbocycles. The summed E-state index contributed by atoms with van der Waals surface area (Å²) in [7, 11) is 0. The van der Waals surface area contributed by atoms with Crippen molar-refractivity contribution in [2.24, 2.45) is 0 Å². The summed E-state index contributed by atoms with van der Waals surface area (Å²) in [6.45, 7) is 10.4. The number of amides is 1. The molecule has 64 valence electrons. The molecule has 0 bridgehead atoms. The summed E-state index contributed by atoms with van der Waals surface area (Å²) in [6.07, 6.45) is 4.28. The molecule has 3 heteroatoms. The van der Waals surface area contributed by atoms with Crippen LogP contribution in [0.2, 0.25) is 0 Å². The molecule has 0 fully saturated rings. The van der Waals surface area contributed by atoms with Crippen molar-refractivity contribution < 1.29 is 4.79 Å². The highest BCUT2D eigenvalue weighted by Crippen LogP contribution is 1.96. The van der Waals surface area contributed by atoms with E-state index in [-0.39, 0.29) is 5.91 Å². The van der Waals surface area contributed by atoms with E-state index >= 15 is 0 Å². The molecule has 0 unspecified atom stereocenters. The first-order valence-corrected chi connectivity index (χ1v) is 3.69. The standard InChI is InChI=1S/C9H11NOS/c1-4-7(2)10-9(11)6-5-8(3)12/h4-6,12H,1-3H2,(H,10,11)/b6-5+. The molecule has 0 aliphatic rings. The van der Waals surface area contributed by atoms with E-state index in [9.17, 15) is 4.79 Å². The maximum atomic E-state index is 10.9. The summed E-state index contributed by atoms with van der Waals surface area (Å²) >= 11 is 3.88. The Balaban J connectivity index is 3.98. The van der Waals surface area contributed by atoms with E-state index in [1.807, 2.05) is 0 Å². The zero-order valence-electron chi connectivity index (χ0n) is 6.71. The summed E-state index contributed by atoms with van der Waals surface area (Å²) in [4.78, 5) is 11.5. The van der Waals surface area contributed by atoms with Crippen LogP contribution >= 0.6 is 12.6 Å². The number of nitrogens with one attached hydrogen (secondary N) is 1. The molecule has 0 aromatic rings. The molecule has 0 radical (unpaired) electrons. The number of allylic oxidation sites excluding steroid dienone is 2. The van der Waals surface area contributed by atoms with E-state index in [1.165, 1.54) is 18.2 Å². The fourth-order valence-electron chi connectivity index (χ4n) is 0.423. The van der Waals surface area contributed by atoms with Gasteiger partial charge in [-0.3, -0.25) is 4.79 Å². The minimum Gasteiger partial charge on any atom is -0.323 e. The van der Waals surface area contributed by atoms with Gasteiger partial charge in [0.15, 0.2) is 0 Å². The van der Waals surface area contributed by atoms with Crippen molar-refractivity contribution in [3.63, 3.8) is 0 Å². The van der Waals surface area contributed by atoms with E-state index in [1.54, 1.807) is 0 Å². The molecule has 0 aliphatic heterocycles. The Hall–Kier alpha value is -1.22. The lowest BCUT2D eigenvalue weighted by Gasteiger charge is -1.98. The second kappa shape index (κ2) is 5.43. The lowest BCUT2D eigenvalue weighted by molar-refractivity contribution is -0.115. The van der Waals surface area contributed by atoms with Gasteiger partial charge in [0.1, 0.15) is 0 Å². The van der Waals surface area contributed by atoms with Crippen LogP contribution in [0.4, 0.5) is 0 Å². The van der Waals surface area contributed by atoms with Gasteiger partial charge in [0.25, 0.3) is 0 Å². The third kappa shape index (κ3) is 5.56. The Kier molecular flexibility index (Phi) is 4.88. The van der Waals surface area contributed by atoms with Crippen molar-refractivity contribution in [2.45, 2.75) is 0 Å². The molecule has 12 heavy (non-hydrogen) atoms. The molecule has 0 spiro atoms. The molecule has 0 saturated heterocycles. The van der Waals surface area contributed by atoms with Crippen molar-refractivity contribution >= 4 is 18.5 Å². The molecule has 0 aromatic heterocycles. The van der Waals surface area contributed by atoms with Crippen LogP contribution in [-0.4, -0.2) is 5.91 Å². The summed E-state index contributed by atoms with van der Waals surface area (Å²) in [5.41, 5.74) is 0.467. The number of carbonyl (C=O) groups is 1. The molecule has 2 nitrogen and oxygen atoms in total. The third-order valence-electron chi connectivity index (χ3n) is 0.957. The number of carbonyl (C=O) groups excluding carboxylic acids is 1. The SMILES string of the molecule is C=CC(=C)NC(=O)/C=C/C(=C)S. The minimum atomic E-state index is -0.268. The average Bonchev–Trinajstić information content (AvgIpc) is 2.00. The Bertz CT molecular complexity index is 253. The van der Waals surface area contributed by atoms with Crippen LogP contribution in [0.1, 0.15) is 0 Å². The van der Waals surface area contributed by atoms with Crippen molar-refractivity contribution in [2.75, 3.05) is 0 Å². The fourth-order valence-corrected chi connectivity index (χ4v) is 0.497. The average molecular weight is 181 g/mol. The lowest BCUT2D eigenvalue weighted by Crippen LogP contribution is -2.18. The molecule has 0 atom stereocenters. The lowest BCUT2D eigenvalue weighted by atomic mass is 10.4. The van der Waals surface area contributed by atoms with Gasteiger partial charge in [-0.25, -0.2) is 0 Å². The van der Waals surface area contributed by atoms with Crippen molar-refractivity contribution in [3.05, 3.63) is 48.6 Å². The molecule has 0 saturated carbocycles. The number of hydrogen-bond acceptors (Lipinski definition) is 2. The molecular formula is C9H11NOS. The van der Waals surface area contributed by atoms with Gasteiger partial charge in [-0.05, 0) is 17.1 Å². The van der Waals surface area contributed by atoms with Gasteiger partial charge in [-0.2, -0.15) is 0 Å². The predicted molar refractivity (Wildman–Crippen MR) is 54.7 cm³/mol. The van der Waals surface area contributed by atoms with Gasteiger partial charge in [0.2, 0.25) is 5.91 Å². The van der Waals surface area contributed by atoms with Crippen LogP contribution in [-0.2, 0) is 4.79 Å². The zero-order valence-corrected chi connectivity index (χ0v) is 7.60. The van der Waals surface area contributed by atoms with Crippen LogP contribution < -0.4 is 5.32 Å². The van der Waals surface area contributed by atoms with E-state index < -0.39 is 0 Å². The monoisotopic (exact) mass is 181 g/mol. The topological polar surface area (TPSA) is 29.1 Å². The Morgan fingerprint density at radius 3 is 2.33 bits per heavy atom. The Labute approximate surface area is 77.8 Å². The second-order valence-corrected chi connectivity index (χ2v) is 2.62. The molecular weight excluding hydrogens is 170 g/mol. The number of rotatable bonds is 4. The van der Waals surface area contributed by atoms with E-state index in [0.717, 1.165) is 0 Å². The fraction of sp³-hybridized carbons (Fsp3) is 0. The predicted octanol–water partition coefficient (Wildman–Crippen LogP) is 1.80. The summed E-state index contributed by atoms with van der Waals surface area (Å²) < 4.78 is 0. The number of thiol groups is 1. The first-order valence-electron chi connectivity index (χ1n) is 3.24. The van der Waals surface area contributed by atoms with Crippen LogP contribution in [0.5, 0.6) is 0 Å². The van der Waals surface area contributed by atoms with E-state index in [4.69, 9.17) is 0 Å². The molecule has 0 heterocycles. The third-order valence-corrected chi connectivity index (χ3v) is 1.11. The van der Waals surface area contributed by atoms with Crippen molar-refractivity contribution in [1.29, 1.82) is 0 Å². The van der Waals surface area contributed by atoms with Crippen LogP contribution in [0.3, 0.4) is 0 Å². The van der Waals surface area contributed by atoms with E-state index in [0.29, 0.717) is 10.6 Å². The van der Waals surface area contributed by atoms with Crippen molar-refractivity contribution in [1.82, 2.24) is 5.32 Å². The molecule has 0 aromatic carbocycles. The molecule has 1 amide bonds. The number of hydrogen-bond donors (Lipinski definition) is 2. The normalized spacial score (nSPS) is 9.42. The van der Waals surface area contributed by atoms with Gasteiger partial charge >= 0.3 is 0 Å². The first kappa shape index (κ1) is 10.8. The summed E-state index contributed by atoms with van der Waals surface area (Å²) in [5, 5.41) is 2.47. The smallest absolute Gasteiger partial charge is 0.248 e. The van der Waals surface area contributed by atoms with Gasteiger partial charge in [0.05, 0.1) is 0 Å². The van der Waals surface area contributed by atoms with Gasteiger partial charge < -0.3 is 5.32 Å². The van der Waals surface area contributed by atoms with Crippen molar-refractivity contribution in [3.8, 4) is 0 Å². The quantitative estimate of drug-likeness (QED) is 0.386. The highest BCUT2D eigenvalue weighted by atomic mass is 32.1. The maximum absolute atomic E-state index is 10.9. The Morgan fingerprint density at radius 1 is 1.33 bits per heavy atom. The zero-order chi connectivity index (χ0) is 9.56. The first-order chi connectivity index (χ1) is 5.56. The van der Waals surface area contributed by atoms with Crippen LogP contribution in [0.25, 0.3) is 0 Å². The van der Waals surface area contributed by atoms with E-state index in [2.05, 4.69) is 37.7 Å². The van der Waals surface area contributed by atoms with Gasteiger partial charge in [0, 0.05) is 11.8 Å². The molecule has 1 N–H and O–H groups in total. The highest BCUT2D eigenvalue weighted by molar-refractivity contribution is 7.84. The van der Waals surface area contributed by atoms with Crippen LogP contribution in [0, 0.1) is 0 Å². The molecule has 0 rings (SSSR count). The maximum Gasteiger partial charge on any atom is 0.248 e. The van der Waals surface area contributed by atoms with Crippen LogP contribution in [0.15, 0.2) is 48.6 Å². The van der Waals surface area contributed by atoms with Gasteiger partial charge in [-0.15, -0.1) is 12.6 Å². The minimum absolute atomic E-state index is 0.268.